The minimum absolute atomic E-state index is 0. The summed E-state index contributed by atoms with van der Waals surface area (Å²) >= 11 is 0. The average molecular weight is 268 g/mol. The quantitative estimate of drug-likeness (QED) is 0.734. The van der Waals surface area contributed by atoms with Gasteiger partial charge < -0.3 is 17.1 Å². The van der Waals surface area contributed by atoms with E-state index < -0.39 is 0 Å². The summed E-state index contributed by atoms with van der Waals surface area (Å²) in [6.07, 6.45) is 6.19. The molecule has 1 heterocycles. The van der Waals surface area contributed by atoms with Gasteiger partial charge in [-0.1, -0.05) is 18.1 Å². The second-order valence-corrected chi connectivity index (χ2v) is 1.78. The first-order valence-corrected chi connectivity index (χ1v) is 3.13. The van der Waals surface area contributed by atoms with E-state index in [0.717, 1.165) is 0 Å². The van der Waals surface area contributed by atoms with Gasteiger partial charge in [-0.25, -0.2) is 0 Å². The van der Waals surface area contributed by atoms with E-state index in [4.69, 9.17) is 5.73 Å². The molecule has 0 spiro atoms. The molecule has 0 aliphatic heterocycles. The van der Waals surface area contributed by atoms with E-state index in [9.17, 15) is 0 Å². The molecular formula is C8H14Cl2CoN2. The minimum atomic E-state index is 0. The van der Waals surface area contributed by atoms with E-state index in [0.29, 0.717) is 5.69 Å². The van der Waals surface area contributed by atoms with Crippen molar-refractivity contribution in [1.29, 1.82) is 0 Å². The molecule has 1 aromatic rings. The van der Waals surface area contributed by atoms with E-state index in [1.54, 1.807) is 18.3 Å². The van der Waals surface area contributed by atoms with Crippen molar-refractivity contribution >= 4 is 30.5 Å². The summed E-state index contributed by atoms with van der Waals surface area (Å²) in [5.74, 6) is 0. The Morgan fingerprint density at radius 3 is 2.00 bits per heavy atom. The number of aromatic nitrogens is 1. The molecule has 0 saturated carbocycles. The summed E-state index contributed by atoms with van der Waals surface area (Å²) < 4.78 is 0. The fraction of sp³-hybridized carbons (Fsp3) is 0.250. The molecule has 0 aliphatic rings. The molecule has 2 nitrogen and oxygen atoms in total. The Bertz CT molecular complexity index is 161. The maximum atomic E-state index is 5.24. The third kappa shape index (κ3) is 18.8. The first-order valence-electron chi connectivity index (χ1n) is 3.13. The molecule has 0 aliphatic carbocycles. The average Bonchev–Trinajstić information content (AvgIpc) is 1.91. The molecule has 5 heteroatoms. The van der Waals surface area contributed by atoms with Crippen LogP contribution in [-0.2, 0) is 16.8 Å². The van der Waals surface area contributed by atoms with Gasteiger partial charge in [0.25, 0.3) is 0 Å². The van der Waals surface area contributed by atoms with E-state index in [1.807, 2.05) is 20.3 Å². The van der Waals surface area contributed by atoms with Crippen molar-refractivity contribution in [3.05, 3.63) is 30.9 Å². The van der Waals surface area contributed by atoms with Gasteiger partial charge in [-0.05, 0) is 0 Å². The zero-order valence-corrected chi connectivity index (χ0v) is 10.2. The molecule has 0 fully saturated rings. The first kappa shape index (κ1) is 23.1. The number of anilines is 1. The number of nitrogens with two attached hydrogens (primary N) is 1. The van der Waals surface area contributed by atoms with Crippen LogP contribution in [0.1, 0.15) is 13.8 Å². The smallest absolute Gasteiger partial charge is 0.418 e. The third-order valence-corrected chi connectivity index (χ3v) is 0.630. The van der Waals surface area contributed by atoms with E-state index >= 15 is 0 Å². The molecule has 13 heavy (non-hydrogen) atoms. The van der Waals surface area contributed by atoms with Crippen LogP contribution in [0.2, 0.25) is 0 Å². The Morgan fingerprint density at radius 2 is 1.85 bits per heavy atom. The number of hydrogen-bond acceptors (Lipinski definition) is 2. The number of hydrogen-bond donors (Lipinski definition) is 1. The molecular weight excluding hydrogens is 254 g/mol. The predicted octanol–water partition coefficient (Wildman–Crippen LogP) is 2.54. The number of nitrogen functional groups attached to an aromatic ring is 1. The van der Waals surface area contributed by atoms with Crippen LogP contribution in [0.3, 0.4) is 0 Å². The van der Waals surface area contributed by atoms with Crippen molar-refractivity contribution in [3.63, 3.8) is 0 Å². The molecule has 1 rings (SSSR count). The number of rotatable bonds is 0. The molecule has 0 bridgehead atoms. The summed E-state index contributed by atoms with van der Waals surface area (Å²) in [6.45, 7) is 4.00. The molecule has 79 valence electrons. The van der Waals surface area contributed by atoms with Crippen LogP contribution in [0.4, 0.5) is 5.69 Å². The van der Waals surface area contributed by atoms with Crippen LogP contribution in [-0.4, -0.2) is 4.98 Å². The van der Waals surface area contributed by atoms with E-state index in [-0.39, 0.29) is 41.6 Å². The molecule has 0 atom stereocenters. The van der Waals surface area contributed by atoms with Crippen molar-refractivity contribution in [3.8, 4) is 0 Å². The summed E-state index contributed by atoms with van der Waals surface area (Å²) in [7, 11) is 0. The summed E-state index contributed by atoms with van der Waals surface area (Å²) in [6, 6.07) is 3.51. The van der Waals surface area contributed by atoms with Gasteiger partial charge in [0, 0.05) is 0 Å². The van der Waals surface area contributed by atoms with Crippen molar-refractivity contribution in [2.45, 2.75) is 13.8 Å². The zero-order chi connectivity index (χ0) is 7.82. The van der Waals surface area contributed by atoms with Crippen molar-refractivity contribution in [2.75, 3.05) is 5.73 Å². The van der Waals surface area contributed by atoms with Gasteiger partial charge in [0.15, 0.2) is 0 Å². The van der Waals surface area contributed by atoms with Crippen LogP contribution in [0.25, 0.3) is 0 Å². The molecule has 0 aromatic carbocycles. The molecule has 0 saturated heterocycles. The third-order valence-electron chi connectivity index (χ3n) is 0.630. The normalized spacial score (nSPS) is 6.00. The largest absolute Gasteiger partial charge is 2.00 e. The molecule has 0 amide bonds. The molecule has 1 radical (unpaired) electrons. The van der Waals surface area contributed by atoms with Crippen molar-refractivity contribution in [2.24, 2.45) is 0 Å². The predicted molar refractivity (Wildman–Crippen MR) is 57.6 cm³/mol. The van der Waals surface area contributed by atoms with Crippen LogP contribution in [0.15, 0.2) is 18.3 Å². The van der Waals surface area contributed by atoms with E-state index in [2.05, 4.69) is 11.2 Å². The number of nitrogens with zero attached hydrogens (tertiary/aromatic N) is 1. The number of halogens is 2. The molecule has 1 aromatic heterocycles. The topological polar surface area (TPSA) is 38.9 Å². The monoisotopic (exact) mass is 267 g/mol. The van der Waals surface area contributed by atoms with Crippen molar-refractivity contribution in [1.82, 2.24) is 4.98 Å². The van der Waals surface area contributed by atoms with Gasteiger partial charge in [-0.3, -0.25) is 0 Å². The van der Waals surface area contributed by atoms with E-state index in [1.165, 1.54) is 0 Å². The van der Waals surface area contributed by atoms with Crippen LogP contribution in [0.5, 0.6) is 0 Å². The Balaban J connectivity index is -0.0000000615. The zero-order valence-electron chi connectivity index (χ0n) is 7.48. The Kier molecular flexibility index (Phi) is 31.9. The molecule has 2 N–H and O–H groups in total. The van der Waals surface area contributed by atoms with Crippen LogP contribution < -0.4 is 5.73 Å². The Labute approximate surface area is 103 Å². The van der Waals surface area contributed by atoms with Crippen LogP contribution >= 0.6 is 24.8 Å². The summed E-state index contributed by atoms with van der Waals surface area (Å²) in [5, 5.41) is 0. The maximum Gasteiger partial charge on any atom is 2.00 e. The first-order chi connectivity index (χ1) is 4.81. The Hall–Kier alpha value is 0.0365. The SMILES string of the molecule is C[CH-]C.Cl.Cl.Nc1[c-]nccc1.[Co+2]. The maximum absolute atomic E-state index is 5.24. The van der Waals surface area contributed by atoms with Crippen molar-refractivity contribution < 1.29 is 16.8 Å². The fourth-order valence-corrected chi connectivity index (χ4v) is 0.339. The molecule has 0 unspecified atom stereocenters. The minimum Gasteiger partial charge on any atom is -0.418 e. The fourth-order valence-electron chi connectivity index (χ4n) is 0.339. The number of pyridine rings is 1. The van der Waals surface area contributed by atoms with Crippen LogP contribution in [0, 0.1) is 12.6 Å². The second kappa shape index (κ2) is 18.0. The Morgan fingerprint density at radius 1 is 1.38 bits per heavy atom. The summed E-state index contributed by atoms with van der Waals surface area (Å²) in [4.78, 5) is 3.63. The standard InChI is InChI=1S/C5H5N2.C3H7.2ClH.Co/c6-5-2-1-3-7-4-5;1-3-2;;;/h1-3H,6H2;3H,1-2H3;2*1H;/q2*-1;;;+2. The second-order valence-electron chi connectivity index (χ2n) is 1.78. The van der Waals surface area contributed by atoms with Gasteiger partial charge >= 0.3 is 16.8 Å². The summed E-state index contributed by atoms with van der Waals surface area (Å²) in [5.41, 5.74) is 5.83. The van der Waals surface area contributed by atoms with Gasteiger partial charge in [0.1, 0.15) is 0 Å². The van der Waals surface area contributed by atoms with Gasteiger partial charge in [0.05, 0.1) is 0 Å². The van der Waals surface area contributed by atoms with Gasteiger partial charge in [-0.15, -0.1) is 30.9 Å². The van der Waals surface area contributed by atoms with Gasteiger partial charge in [0.2, 0.25) is 0 Å². The van der Waals surface area contributed by atoms with Gasteiger partial charge in [-0.2, -0.15) is 19.9 Å².